The molecule has 1 aliphatic rings. The predicted octanol–water partition coefficient (Wildman–Crippen LogP) is 1.73. The lowest BCUT2D eigenvalue weighted by Crippen LogP contribution is -2.11. The molecule has 0 radical (unpaired) electrons. The fourth-order valence-corrected chi connectivity index (χ4v) is 1.68. The van der Waals surface area contributed by atoms with Crippen molar-refractivity contribution < 1.29 is 0 Å². The molecule has 2 N–H and O–H groups in total. The molecule has 2 atom stereocenters. The number of hydrogen-bond acceptors (Lipinski definition) is 1. The number of rotatable bonds is 0. The van der Waals surface area contributed by atoms with Crippen LogP contribution >= 0.6 is 0 Å². The molecule has 1 saturated carbocycles. The molecule has 0 bridgehead atoms. The summed E-state index contributed by atoms with van der Waals surface area (Å²) in [6, 6.07) is 2.51. The zero-order valence-corrected chi connectivity index (χ0v) is 6.56. The largest absolute Gasteiger partial charge is 0.359 e. The van der Waals surface area contributed by atoms with Crippen LogP contribution in [-0.4, -0.2) is 0 Å². The molecule has 1 fully saturated rings. The number of nitrogens with two attached hydrogens (primary N) is 1. The van der Waals surface area contributed by atoms with Gasteiger partial charge in [0.1, 0.15) is 0 Å². The standard InChI is InChI=1S/C9H15N/c1-8-3-2-4-9(7-8)5-6-10/h8-9H,2-4,7,10H2,1H3. The fourth-order valence-electron chi connectivity index (χ4n) is 1.68. The average Bonchev–Trinajstić information content (AvgIpc) is 1.88. The molecule has 1 aliphatic carbocycles. The van der Waals surface area contributed by atoms with Crippen LogP contribution in [0.15, 0.2) is 0 Å². The minimum atomic E-state index is 0.591. The summed E-state index contributed by atoms with van der Waals surface area (Å²) in [5.41, 5.74) is 5.14. The second kappa shape index (κ2) is 3.51. The summed E-state index contributed by atoms with van der Waals surface area (Å²) in [6.07, 6.45) is 5.22. The van der Waals surface area contributed by atoms with Crippen LogP contribution in [0.2, 0.25) is 0 Å². The first-order chi connectivity index (χ1) is 4.83. The second-order valence-corrected chi connectivity index (χ2v) is 3.26. The molecular formula is C9H15N. The molecule has 0 amide bonds. The van der Waals surface area contributed by atoms with E-state index in [-0.39, 0.29) is 0 Å². The van der Waals surface area contributed by atoms with Gasteiger partial charge >= 0.3 is 0 Å². The summed E-state index contributed by atoms with van der Waals surface area (Å²) in [5.74, 6) is 4.49. The third kappa shape index (κ3) is 1.95. The predicted molar refractivity (Wildman–Crippen MR) is 43.1 cm³/mol. The zero-order chi connectivity index (χ0) is 7.40. The van der Waals surface area contributed by atoms with Crippen molar-refractivity contribution in [3.05, 3.63) is 0 Å². The van der Waals surface area contributed by atoms with Gasteiger partial charge in [-0.15, -0.1) is 0 Å². The summed E-state index contributed by atoms with van der Waals surface area (Å²) in [4.78, 5) is 0. The molecule has 0 spiro atoms. The third-order valence-electron chi connectivity index (χ3n) is 2.22. The third-order valence-corrected chi connectivity index (χ3v) is 2.22. The fraction of sp³-hybridized carbons (Fsp3) is 0.778. The van der Waals surface area contributed by atoms with Crippen LogP contribution in [0.3, 0.4) is 0 Å². The van der Waals surface area contributed by atoms with E-state index in [1.165, 1.54) is 25.7 Å². The lowest BCUT2D eigenvalue weighted by molar-refractivity contribution is 0.333. The van der Waals surface area contributed by atoms with Crippen LogP contribution in [0.25, 0.3) is 0 Å². The smallest absolute Gasteiger partial charge is 0.0223 e. The summed E-state index contributed by atoms with van der Waals surface area (Å²) in [5, 5.41) is 0. The molecule has 0 aromatic carbocycles. The van der Waals surface area contributed by atoms with Gasteiger partial charge in [0.15, 0.2) is 0 Å². The molecule has 1 nitrogen and oxygen atoms in total. The van der Waals surface area contributed by atoms with Crippen LogP contribution in [0.1, 0.15) is 32.6 Å². The van der Waals surface area contributed by atoms with E-state index in [1.807, 2.05) is 0 Å². The van der Waals surface area contributed by atoms with E-state index in [9.17, 15) is 0 Å². The highest BCUT2D eigenvalue weighted by molar-refractivity contribution is 5.01. The van der Waals surface area contributed by atoms with Gasteiger partial charge in [-0.25, -0.2) is 0 Å². The number of hydrogen-bond donors (Lipinski definition) is 1. The van der Waals surface area contributed by atoms with Crippen molar-refractivity contribution >= 4 is 0 Å². The van der Waals surface area contributed by atoms with E-state index in [0.717, 1.165) is 5.92 Å². The maximum Gasteiger partial charge on any atom is 0.0223 e. The Morgan fingerprint density at radius 3 is 2.80 bits per heavy atom. The van der Waals surface area contributed by atoms with Gasteiger partial charge in [-0.1, -0.05) is 25.7 Å². The molecular weight excluding hydrogens is 122 g/mol. The van der Waals surface area contributed by atoms with Crippen molar-refractivity contribution in [2.75, 3.05) is 0 Å². The van der Waals surface area contributed by atoms with Crippen molar-refractivity contribution in [2.24, 2.45) is 17.6 Å². The Labute approximate surface area is 63.0 Å². The normalized spacial score (nSPS) is 32.5. The van der Waals surface area contributed by atoms with Gasteiger partial charge in [-0.2, -0.15) is 0 Å². The Kier molecular flexibility index (Phi) is 2.62. The van der Waals surface area contributed by atoms with E-state index >= 15 is 0 Å². The van der Waals surface area contributed by atoms with Crippen LogP contribution in [-0.2, 0) is 0 Å². The van der Waals surface area contributed by atoms with E-state index in [4.69, 9.17) is 5.73 Å². The van der Waals surface area contributed by atoms with Crippen molar-refractivity contribution in [3.63, 3.8) is 0 Å². The molecule has 1 rings (SSSR count). The van der Waals surface area contributed by atoms with Gasteiger partial charge in [0, 0.05) is 12.0 Å². The highest BCUT2D eigenvalue weighted by Gasteiger charge is 2.16. The summed E-state index contributed by atoms with van der Waals surface area (Å²) in [7, 11) is 0. The van der Waals surface area contributed by atoms with Crippen LogP contribution in [0.5, 0.6) is 0 Å². The van der Waals surface area contributed by atoms with E-state index < -0.39 is 0 Å². The van der Waals surface area contributed by atoms with E-state index in [2.05, 4.69) is 18.9 Å². The van der Waals surface area contributed by atoms with Gasteiger partial charge in [-0.05, 0) is 18.8 Å². The lowest BCUT2D eigenvalue weighted by atomic mass is 9.83. The van der Waals surface area contributed by atoms with Crippen LogP contribution in [0.4, 0.5) is 0 Å². The Morgan fingerprint density at radius 1 is 1.40 bits per heavy atom. The summed E-state index contributed by atoms with van der Waals surface area (Å²) < 4.78 is 0. The van der Waals surface area contributed by atoms with Crippen LogP contribution < -0.4 is 5.73 Å². The first-order valence-corrected chi connectivity index (χ1v) is 4.04. The molecule has 56 valence electrons. The maximum absolute atomic E-state index is 5.14. The summed E-state index contributed by atoms with van der Waals surface area (Å²) >= 11 is 0. The minimum Gasteiger partial charge on any atom is -0.359 e. The van der Waals surface area contributed by atoms with Gasteiger partial charge in [0.25, 0.3) is 0 Å². The zero-order valence-electron chi connectivity index (χ0n) is 6.56. The molecule has 10 heavy (non-hydrogen) atoms. The van der Waals surface area contributed by atoms with E-state index in [0.29, 0.717) is 5.92 Å². The van der Waals surface area contributed by atoms with Gasteiger partial charge in [0.05, 0.1) is 0 Å². The monoisotopic (exact) mass is 137 g/mol. The van der Waals surface area contributed by atoms with E-state index in [1.54, 1.807) is 0 Å². The SMILES string of the molecule is CC1CCCC(C#CN)C1. The van der Waals surface area contributed by atoms with Crippen molar-refractivity contribution in [1.29, 1.82) is 0 Å². The molecule has 0 aromatic heterocycles. The Morgan fingerprint density at radius 2 is 2.20 bits per heavy atom. The lowest BCUT2D eigenvalue weighted by Gasteiger charge is -2.22. The van der Waals surface area contributed by atoms with Gasteiger partial charge < -0.3 is 5.73 Å². The molecule has 1 heteroatoms. The van der Waals surface area contributed by atoms with Crippen LogP contribution in [0, 0.1) is 23.8 Å². The topological polar surface area (TPSA) is 26.0 Å². The average molecular weight is 137 g/mol. The maximum atomic E-state index is 5.14. The van der Waals surface area contributed by atoms with Crippen molar-refractivity contribution in [2.45, 2.75) is 32.6 Å². The molecule has 0 heterocycles. The first kappa shape index (κ1) is 7.47. The Hall–Kier alpha value is -0.640. The molecule has 0 saturated heterocycles. The quantitative estimate of drug-likeness (QED) is 0.399. The molecule has 0 aromatic rings. The van der Waals surface area contributed by atoms with Crippen molar-refractivity contribution in [3.8, 4) is 12.0 Å². The van der Waals surface area contributed by atoms with Gasteiger partial charge in [-0.3, -0.25) is 0 Å². The molecule has 0 aliphatic heterocycles. The highest BCUT2D eigenvalue weighted by Crippen LogP contribution is 2.27. The minimum absolute atomic E-state index is 0.591. The Bertz CT molecular complexity index is 152. The summed E-state index contributed by atoms with van der Waals surface area (Å²) in [6.45, 7) is 2.30. The van der Waals surface area contributed by atoms with Gasteiger partial charge in [0.2, 0.25) is 0 Å². The highest BCUT2D eigenvalue weighted by atomic mass is 14.5. The van der Waals surface area contributed by atoms with Crippen molar-refractivity contribution in [1.82, 2.24) is 0 Å². The Balaban J connectivity index is 2.37. The molecule has 2 unspecified atom stereocenters. The second-order valence-electron chi connectivity index (χ2n) is 3.26. The first-order valence-electron chi connectivity index (χ1n) is 4.04.